The highest BCUT2D eigenvalue weighted by Crippen LogP contribution is 2.37. The molecule has 2 nitrogen and oxygen atoms in total. The molecule has 0 radical (unpaired) electrons. The van der Waals surface area contributed by atoms with Gasteiger partial charge in [-0.1, -0.05) is 12.1 Å². The molecule has 3 aromatic heterocycles. The molecular weight excluding hydrogens is 308 g/mol. The zero-order valence-corrected chi connectivity index (χ0v) is 13.6. The summed E-state index contributed by atoms with van der Waals surface area (Å²) >= 11 is 5.47. The summed E-state index contributed by atoms with van der Waals surface area (Å²) in [5.41, 5.74) is 0. The highest BCUT2D eigenvalue weighted by atomic mass is 32.1. The number of esters is 1. The van der Waals surface area contributed by atoms with Crippen LogP contribution in [0.1, 0.15) is 6.92 Å². The summed E-state index contributed by atoms with van der Waals surface area (Å²) in [6.07, 6.45) is 0. The van der Waals surface area contributed by atoms with Gasteiger partial charge in [0.25, 0.3) is 0 Å². The molecule has 0 aromatic carbocycles. The lowest BCUT2D eigenvalue weighted by Crippen LogP contribution is -1.88. The van der Waals surface area contributed by atoms with E-state index in [4.69, 9.17) is 0 Å². The minimum Gasteiger partial charge on any atom is -0.469 e. The van der Waals surface area contributed by atoms with Gasteiger partial charge in [0, 0.05) is 26.4 Å². The Bertz CT molecular complexity index is 588. The second-order valence-electron chi connectivity index (χ2n) is 3.81. The van der Waals surface area contributed by atoms with E-state index in [0.29, 0.717) is 0 Å². The molecule has 0 bridgehead atoms. The number of carbonyl (C=O) groups is 1. The van der Waals surface area contributed by atoms with Crippen LogP contribution in [0.5, 0.6) is 0 Å². The average molecular weight is 322 g/mol. The lowest BCUT2D eigenvalue weighted by molar-refractivity contribution is -0.137. The Balaban J connectivity index is 0.000000257. The largest absolute Gasteiger partial charge is 0.469 e. The van der Waals surface area contributed by atoms with E-state index in [1.165, 1.54) is 33.5 Å². The van der Waals surface area contributed by atoms with Crippen LogP contribution in [0.25, 0.3) is 19.5 Å². The molecule has 20 heavy (non-hydrogen) atoms. The number of methoxy groups -OCH3 is 1. The minimum atomic E-state index is -0.245. The molecular formula is C15H14O2S3. The van der Waals surface area contributed by atoms with Gasteiger partial charge >= 0.3 is 5.97 Å². The maximum absolute atomic E-state index is 9.59. The van der Waals surface area contributed by atoms with Crippen molar-refractivity contribution < 1.29 is 9.53 Å². The summed E-state index contributed by atoms with van der Waals surface area (Å²) in [4.78, 5) is 15.1. The molecule has 0 amide bonds. The van der Waals surface area contributed by atoms with Crippen LogP contribution >= 0.6 is 34.0 Å². The normalized spacial score (nSPS) is 9.70. The summed E-state index contributed by atoms with van der Waals surface area (Å²) in [7, 11) is 1.35. The van der Waals surface area contributed by atoms with Gasteiger partial charge in [0.15, 0.2) is 0 Å². The van der Waals surface area contributed by atoms with Crippen molar-refractivity contribution in [3.05, 3.63) is 47.2 Å². The predicted molar refractivity (Wildman–Crippen MR) is 88.6 cm³/mol. The number of thiophene rings is 3. The number of ether oxygens (including phenoxy) is 1. The van der Waals surface area contributed by atoms with Crippen molar-refractivity contribution in [3.63, 3.8) is 0 Å². The fourth-order valence-electron chi connectivity index (χ4n) is 1.44. The van der Waals surface area contributed by atoms with E-state index < -0.39 is 0 Å². The van der Waals surface area contributed by atoms with Crippen LogP contribution in [0.2, 0.25) is 0 Å². The van der Waals surface area contributed by atoms with E-state index in [0.717, 1.165) is 0 Å². The highest BCUT2D eigenvalue weighted by Gasteiger charge is 2.05. The average Bonchev–Trinajstić information content (AvgIpc) is 3.18. The molecule has 0 aliphatic heterocycles. The smallest absolute Gasteiger partial charge is 0.302 e. The van der Waals surface area contributed by atoms with Crippen LogP contribution < -0.4 is 0 Å². The highest BCUT2D eigenvalue weighted by molar-refractivity contribution is 7.25. The van der Waals surface area contributed by atoms with Crippen molar-refractivity contribution >= 4 is 40.0 Å². The van der Waals surface area contributed by atoms with Crippen molar-refractivity contribution in [2.75, 3.05) is 7.11 Å². The number of hydrogen-bond donors (Lipinski definition) is 0. The van der Waals surface area contributed by atoms with Gasteiger partial charge in [-0.05, 0) is 35.0 Å². The van der Waals surface area contributed by atoms with Crippen LogP contribution in [-0.2, 0) is 9.53 Å². The van der Waals surface area contributed by atoms with Crippen LogP contribution in [0, 0.1) is 0 Å². The first-order chi connectivity index (χ1) is 9.70. The van der Waals surface area contributed by atoms with E-state index in [1.54, 1.807) is 22.7 Å². The molecule has 0 aliphatic rings. The third kappa shape index (κ3) is 4.03. The summed E-state index contributed by atoms with van der Waals surface area (Å²) in [6, 6.07) is 13.0. The lowest BCUT2D eigenvalue weighted by Gasteiger charge is -1.89. The molecule has 0 unspecified atom stereocenters. The zero-order valence-electron chi connectivity index (χ0n) is 11.2. The predicted octanol–water partition coefficient (Wildman–Crippen LogP) is 5.38. The van der Waals surface area contributed by atoms with Gasteiger partial charge in [-0.15, -0.1) is 34.0 Å². The van der Waals surface area contributed by atoms with Gasteiger partial charge < -0.3 is 4.74 Å². The molecule has 0 saturated heterocycles. The molecule has 5 heteroatoms. The van der Waals surface area contributed by atoms with Crippen molar-refractivity contribution in [1.82, 2.24) is 0 Å². The Hall–Kier alpha value is -1.43. The van der Waals surface area contributed by atoms with E-state index >= 15 is 0 Å². The number of rotatable bonds is 2. The molecule has 0 fully saturated rings. The third-order valence-electron chi connectivity index (χ3n) is 2.42. The number of hydrogen-bond acceptors (Lipinski definition) is 5. The van der Waals surface area contributed by atoms with Crippen LogP contribution in [0.15, 0.2) is 47.2 Å². The summed E-state index contributed by atoms with van der Waals surface area (Å²) < 4.78 is 4.11. The first-order valence-corrected chi connectivity index (χ1v) is 8.50. The quantitative estimate of drug-likeness (QED) is 0.592. The van der Waals surface area contributed by atoms with Gasteiger partial charge in [0.2, 0.25) is 0 Å². The van der Waals surface area contributed by atoms with E-state index in [2.05, 4.69) is 51.9 Å². The molecule has 0 saturated carbocycles. The van der Waals surface area contributed by atoms with E-state index in [1.807, 2.05) is 11.3 Å². The SMILES string of the molecule is COC(C)=O.c1csc(-c2ccc(-c3cccs3)s2)c1. The second kappa shape index (κ2) is 7.38. The van der Waals surface area contributed by atoms with Gasteiger partial charge in [-0.2, -0.15) is 0 Å². The van der Waals surface area contributed by atoms with Gasteiger partial charge in [0.1, 0.15) is 0 Å². The Morgan fingerprint density at radius 3 is 1.65 bits per heavy atom. The van der Waals surface area contributed by atoms with Gasteiger partial charge in [-0.25, -0.2) is 0 Å². The van der Waals surface area contributed by atoms with Crippen molar-refractivity contribution in [2.45, 2.75) is 6.92 Å². The molecule has 104 valence electrons. The van der Waals surface area contributed by atoms with Gasteiger partial charge in [-0.3, -0.25) is 4.79 Å². The Morgan fingerprint density at radius 1 is 0.900 bits per heavy atom. The zero-order chi connectivity index (χ0) is 14.4. The fourth-order valence-corrected chi connectivity index (χ4v) is 4.12. The van der Waals surface area contributed by atoms with Crippen LogP contribution in [-0.4, -0.2) is 13.1 Å². The van der Waals surface area contributed by atoms with Crippen LogP contribution in [0.3, 0.4) is 0 Å². The lowest BCUT2D eigenvalue weighted by atomic mass is 10.3. The Morgan fingerprint density at radius 2 is 1.35 bits per heavy atom. The second-order valence-corrected chi connectivity index (χ2v) is 6.79. The maximum Gasteiger partial charge on any atom is 0.302 e. The monoisotopic (exact) mass is 322 g/mol. The molecule has 3 aromatic rings. The summed E-state index contributed by atoms with van der Waals surface area (Å²) in [6.45, 7) is 1.36. The minimum absolute atomic E-state index is 0.245. The first-order valence-electron chi connectivity index (χ1n) is 5.93. The standard InChI is InChI=1S/C12H8S3.C3H6O2/c1-3-9(13-7-1)11-5-6-12(15-11)10-4-2-8-14-10;1-3(4)5-2/h1-8H;1-2H3. The number of carbonyl (C=O) groups excluding carboxylic acids is 1. The molecule has 0 N–H and O–H groups in total. The van der Waals surface area contributed by atoms with Crippen molar-refractivity contribution in [2.24, 2.45) is 0 Å². The molecule has 3 rings (SSSR count). The van der Waals surface area contributed by atoms with Gasteiger partial charge in [0.05, 0.1) is 7.11 Å². The Labute approximate surface area is 130 Å². The molecule has 0 aliphatic carbocycles. The van der Waals surface area contributed by atoms with E-state index in [9.17, 15) is 4.79 Å². The molecule has 0 spiro atoms. The summed E-state index contributed by atoms with van der Waals surface area (Å²) in [5.74, 6) is -0.245. The molecule has 0 atom stereocenters. The summed E-state index contributed by atoms with van der Waals surface area (Å²) in [5, 5.41) is 4.25. The fraction of sp³-hybridized carbons (Fsp3) is 0.133. The topological polar surface area (TPSA) is 26.3 Å². The molecule has 3 heterocycles. The third-order valence-corrected chi connectivity index (χ3v) is 5.64. The van der Waals surface area contributed by atoms with Crippen molar-refractivity contribution in [1.29, 1.82) is 0 Å². The first kappa shape index (κ1) is 15.0. The van der Waals surface area contributed by atoms with Crippen molar-refractivity contribution in [3.8, 4) is 19.5 Å². The van der Waals surface area contributed by atoms with E-state index in [-0.39, 0.29) is 5.97 Å². The Kier molecular flexibility index (Phi) is 5.52. The maximum atomic E-state index is 9.59. The van der Waals surface area contributed by atoms with Crippen LogP contribution in [0.4, 0.5) is 0 Å².